The zero-order valence-corrected chi connectivity index (χ0v) is 8.56. The minimum Gasteiger partial charge on any atom is -0.371 e. The first-order valence-electron chi connectivity index (χ1n) is 4.35. The van der Waals surface area contributed by atoms with Gasteiger partial charge in [-0.05, 0) is 6.92 Å². The van der Waals surface area contributed by atoms with Crippen molar-refractivity contribution >= 4 is 5.78 Å². The van der Waals surface area contributed by atoms with E-state index in [1.807, 2.05) is 0 Å². The molecule has 0 amide bonds. The number of ketones is 1. The van der Waals surface area contributed by atoms with Crippen molar-refractivity contribution in [2.45, 2.75) is 26.9 Å². The van der Waals surface area contributed by atoms with Gasteiger partial charge in [-0.1, -0.05) is 13.8 Å². The molecule has 82 valence electrons. The van der Waals surface area contributed by atoms with Crippen LogP contribution in [0.3, 0.4) is 0 Å². The van der Waals surface area contributed by atoms with E-state index < -0.39 is 11.2 Å². The molecule has 0 aliphatic carbocycles. The standard InChI is InChI=1S/C8H15NO5/c1-6(2)8(10)5-13-4-7(3)14-9(11)12/h6-7H,4-5H2,1-3H3/t7-/m0/s1. The van der Waals surface area contributed by atoms with E-state index in [1.54, 1.807) is 13.8 Å². The number of nitrogens with zero attached hydrogens (tertiary/aromatic N) is 1. The zero-order valence-electron chi connectivity index (χ0n) is 8.56. The fourth-order valence-electron chi connectivity index (χ4n) is 0.670. The largest absolute Gasteiger partial charge is 0.371 e. The quantitative estimate of drug-likeness (QED) is 0.454. The number of ether oxygens (including phenoxy) is 1. The molecule has 0 saturated carbocycles. The maximum atomic E-state index is 11.0. The Morgan fingerprint density at radius 1 is 1.43 bits per heavy atom. The minimum atomic E-state index is -0.877. The Hall–Kier alpha value is -1.17. The van der Waals surface area contributed by atoms with Crippen molar-refractivity contribution in [3.8, 4) is 0 Å². The molecule has 0 N–H and O–H groups in total. The Kier molecular flexibility index (Phi) is 5.78. The Morgan fingerprint density at radius 2 is 2.00 bits per heavy atom. The van der Waals surface area contributed by atoms with Gasteiger partial charge in [0.1, 0.15) is 12.7 Å². The predicted octanol–water partition coefficient (Wildman–Crippen LogP) is 0.825. The Morgan fingerprint density at radius 3 is 2.43 bits per heavy atom. The fraction of sp³-hybridized carbons (Fsp3) is 0.875. The van der Waals surface area contributed by atoms with Crippen LogP contribution in [0.5, 0.6) is 0 Å². The molecule has 0 aromatic carbocycles. The van der Waals surface area contributed by atoms with E-state index in [4.69, 9.17) is 4.74 Å². The Balaban J connectivity index is 3.54. The van der Waals surface area contributed by atoms with Crippen molar-refractivity contribution in [3.05, 3.63) is 10.1 Å². The number of carbonyl (C=O) groups is 1. The van der Waals surface area contributed by atoms with E-state index in [2.05, 4.69) is 4.84 Å². The van der Waals surface area contributed by atoms with Gasteiger partial charge in [0.05, 0.1) is 6.61 Å². The van der Waals surface area contributed by atoms with Crippen LogP contribution in [-0.4, -0.2) is 30.2 Å². The maximum absolute atomic E-state index is 11.0. The summed E-state index contributed by atoms with van der Waals surface area (Å²) in [6, 6.07) is 0. The second-order valence-electron chi connectivity index (χ2n) is 3.28. The van der Waals surface area contributed by atoms with Gasteiger partial charge in [-0.25, -0.2) is 0 Å². The van der Waals surface area contributed by atoms with Crippen LogP contribution in [0.15, 0.2) is 0 Å². The molecule has 0 spiro atoms. The Labute approximate surface area is 82.3 Å². The molecule has 0 heterocycles. The highest BCUT2D eigenvalue weighted by Gasteiger charge is 2.10. The van der Waals surface area contributed by atoms with Crippen molar-refractivity contribution in [1.29, 1.82) is 0 Å². The molecule has 0 unspecified atom stereocenters. The summed E-state index contributed by atoms with van der Waals surface area (Å²) >= 11 is 0. The summed E-state index contributed by atoms with van der Waals surface area (Å²) in [5.74, 6) is -0.111. The van der Waals surface area contributed by atoms with Crippen LogP contribution in [0.4, 0.5) is 0 Å². The third kappa shape index (κ3) is 6.36. The van der Waals surface area contributed by atoms with Gasteiger partial charge in [0.2, 0.25) is 0 Å². The first kappa shape index (κ1) is 12.8. The summed E-state index contributed by atoms with van der Waals surface area (Å²) in [4.78, 5) is 25.1. The normalized spacial score (nSPS) is 12.6. The van der Waals surface area contributed by atoms with Crippen molar-refractivity contribution in [2.24, 2.45) is 5.92 Å². The number of hydrogen-bond acceptors (Lipinski definition) is 5. The predicted molar refractivity (Wildman–Crippen MR) is 48.2 cm³/mol. The van der Waals surface area contributed by atoms with E-state index in [0.29, 0.717) is 0 Å². The molecule has 0 aliphatic rings. The first-order chi connectivity index (χ1) is 6.43. The van der Waals surface area contributed by atoms with Crippen LogP contribution < -0.4 is 0 Å². The summed E-state index contributed by atoms with van der Waals surface area (Å²) in [7, 11) is 0. The van der Waals surface area contributed by atoms with E-state index in [-0.39, 0.29) is 24.9 Å². The molecular formula is C8H15NO5. The highest BCUT2D eigenvalue weighted by atomic mass is 17.0. The molecule has 0 aromatic rings. The van der Waals surface area contributed by atoms with Crippen LogP contribution in [0.2, 0.25) is 0 Å². The van der Waals surface area contributed by atoms with Gasteiger partial charge in [0, 0.05) is 5.92 Å². The molecule has 0 saturated heterocycles. The van der Waals surface area contributed by atoms with Gasteiger partial charge >= 0.3 is 0 Å². The molecule has 0 rings (SSSR count). The molecule has 6 heteroatoms. The highest BCUT2D eigenvalue weighted by molar-refractivity contribution is 5.81. The van der Waals surface area contributed by atoms with Crippen molar-refractivity contribution in [3.63, 3.8) is 0 Å². The summed E-state index contributed by atoms with van der Waals surface area (Å²) in [5.41, 5.74) is 0. The third-order valence-corrected chi connectivity index (χ3v) is 1.51. The lowest BCUT2D eigenvalue weighted by Crippen LogP contribution is -2.23. The van der Waals surface area contributed by atoms with Crippen LogP contribution in [0, 0.1) is 16.0 Å². The second kappa shape index (κ2) is 6.31. The molecule has 0 fully saturated rings. The monoisotopic (exact) mass is 205 g/mol. The molecule has 0 aromatic heterocycles. The lowest BCUT2D eigenvalue weighted by Gasteiger charge is -2.10. The Bertz CT molecular complexity index is 204. The van der Waals surface area contributed by atoms with Gasteiger partial charge in [-0.15, -0.1) is 10.1 Å². The van der Waals surface area contributed by atoms with E-state index in [0.717, 1.165) is 0 Å². The summed E-state index contributed by atoms with van der Waals surface area (Å²) < 4.78 is 4.94. The van der Waals surface area contributed by atoms with E-state index >= 15 is 0 Å². The number of hydrogen-bond donors (Lipinski definition) is 0. The fourth-order valence-corrected chi connectivity index (χ4v) is 0.670. The van der Waals surface area contributed by atoms with Crippen molar-refractivity contribution in [1.82, 2.24) is 0 Å². The number of carbonyl (C=O) groups excluding carboxylic acids is 1. The van der Waals surface area contributed by atoms with Crippen LogP contribution in [0.1, 0.15) is 20.8 Å². The zero-order chi connectivity index (χ0) is 11.1. The molecule has 14 heavy (non-hydrogen) atoms. The van der Waals surface area contributed by atoms with Gasteiger partial charge in [-0.2, -0.15) is 0 Å². The van der Waals surface area contributed by atoms with Gasteiger partial charge in [0.15, 0.2) is 5.78 Å². The average Bonchev–Trinajstić information content (AvgIpc) is 2.02. The van der Waals surface area contributed by atoms with E-state index in [9.17, 15) is 14.9 Å². The van der Waals surface area contributed by atoms with Crippen LogP contribution in [-0.2, 0) is 14.4 Å². The first-order valence-corrected chi connectivity index (χ1v) is 4.35. The lowest BCUT2D eigenvalue weighted by atomic mass is 10.1. The number of rotatable bonds is 7. The smallest absolute Gasteiger partial charge is 0.294 e. The molecule has 0 aliphatic heterocycles. The van der Waals surface area contributed by atoms with Crippen molar-refractivity contribution in [2.75, 3.05) is 13.2 Å². The maximum Gasteiger partial charge on any atom is 0.294 e. The molecule has 0 radical (unpaired) electrons. The van der Waals surface area contributed by atoms with Crippen LogP contribution >= 0.6 is 0 Å². The second-order valence-corrected chi connectivity index (χ2v) is 3.28. The van der Waals surface area contributed by atoms with Crippen molar-refractivity contribution < 1.29 is 19.5 Å². The summed E-state index contributed by atoms with van der Waals surface area (Å²) in [6.07, 6.45) is -0.648. The SMILES string of the molecule is CC(C)C(=O)COC[C@H](C)O[N+](=O)[O-]. The van der Waals surface area contributed by atoms with Gasteiger partial charge in [-0.3, -0.25) is 4.79 Å². The summed E-state index contributed by atoms with van der Waals surface area (Å²) in [6.45, 7) is 5.05. The van der Waals surface area contributed by atoms with Crippen LogP contribution in [0.25, 0.3) is 0 Å². The molecular weight excluding hydrogens is 190 g/mol. The number of Topliss-reactive ketones (excluding diaryl/α,β-unsaturated/α-hetero) is 1. The van der Waals surface area contributed by atoms with E-state index in [1.165, 1.54) is 6.92 Å². The molecule has 0 bridgehead atoms. The highest BCUT2D eigenvalue weighted by Crippen LogP contribution is 1.97. The van der Waals surface area contributed by atoms with Gasteiger partial charge in [0.25, 0.3) is 5.09 Å². The minimum absolute atomic E-state index is 0.0247. The topological polar surface area (TPSA) is 78.7 Å². The summed E-state index contributed by atoms with van der Waals surface area (Å²) in [5, 5.41) is 9.00. The molecule has 6 nitrogen and oxygen atoms in total. The molecule has 1 atom stereocenters. The van der Waals surface area contributed by atoms with Gasteiger partial charge < -0.3 is 9.57 Å². The lowest BCUT2D eigenvalue weighted by molar-refractivity contribution is -0.768. The third-order valence-electron chi connectivity index (χ3n) is 1.51. The average molecular weight is 205 g/mol.